The van der Waals surface area contributed by atoms with Crippen LogP contribution in [0.1, 0.15) is 17.4 Å². The number of alkyl halides is 3. The SMILES string of the molecule is CC(CO)CS(=O)(=O)Cc1cc(C(F)(F)F)cs1. The molecular formula is C10H13F3O3S2. The molecule has 0 aromatic carbocycles. The smallest absolute Gasteiger partial charge is 0.396 e. The number of thiophene rings is 1. The van der Waals surface area contributed by atoms with E-state index in [1.54, 1.807) is 6.92 Å². The average molecular weight is 302 g/mol. The molecule has 0 aliphatic carbocycles. The Kier molecular flexibility index (Phi) is 4.79. The van der Waals surface area contributed by atoms with E-state index in [2.05, 4.69) is 0 Å². The van der Waals surface area contributed by atoms with Crippen molar-refractivity contribution in [2.24, 2.45) is 5.92 Å². The summed E-state index contributed by atoms with van der Waals surface area (Å²) in [7, 11) is -3.50. The molecule has 0 saturated heterocycles. The maximum Gasteiger partial charge on any atom is 0.417 e. The van der Waals surface area contributed by atoms with Crippen molar-refractivity contribution in [3.63, 3.8) is 0 Å². The molecule has 0 radical (unpaired) electrons. The van der Waals surface area contributed by atoms with Crippen molar-refractivity contribution in [3.8, 4) is 0 Å². The summed E-state index contributed by atoms with van der Waals surface area (Å²) >= 11 is 0.776. The van der Waals surface area contributed by atoms with Gasteiger partial charge in [-0.3, -0.25) is 0 Å². The zero-order valence-corrected chi connectivity index (χ0v) is 11.2. The highest BCUT2D eigenvalue weighted by Crippen LogP contribution is 2.33. The summed E-state index contributed by atoms with van der Waals surface area (Å²) in [6.07, 6.45) is -4.45. The number of rotatable bonds is 5. The van der Waals surface area contributed by atoms with Crippen LogP contribution in [0.3, 0.4) is 0 Å². The van der Waals surface area contributed by atoms with Gasteiger partial charge >= 0.3 is 6.18 Å². The Morgan fingerprint density at radius 2 is 2.06 bits per heavy atom. The lowest BCUT2D eigenvalue weighted by Gasteiger charge is -2.07. The monoisotopic (exact) mass is 302 g/mol. The fourth-order valence-corrected chi connectivity index (χ4v) is 4.46. The lowest BCUT2D eigenvalue weighted by Crippen LogP contribution is -2.17. The third kappa shape index (κ3) is 4.58. The molecule has 1 unspecified atom stereocenters. The van der Waals surface area contributed by atoms with Gasteiger partial charge in [-0.2, -0.15) is 13.2 Å². The zero-order chi connectivity index (χ0) is 14.0. The van der Waals surface area contributed by atoms with Gasteiger partial charge in [0.15, 0.2) is 9.84 Å². The van der Waals surface area contributed by atoms with E-state index in [1.807, 2.05) is 0 Å². The normalized spacial score (nSPS) is 14.7. The van der Waals surface area contributed by atoms with Gasteiger partial charge in [0.05, 0.1) is 17.1 Å². The van der Waals surface area contributed by atoms with Gasteiger partial charge in [-0.05, 0) is 12.0 Å². The van der Waals surface area contributed by atoms with Gasteiger partial charge in [0.1, 0.15) is 0 Å². The summed E-state index contributed by atoms with van der Waals surface area (Å²) in [5, 5.41) is 9.67. The molecule has 0 bridgehead atoms. The van der Waals surface area contributed by atoms with Gasteiger partial charge in [-0.15, -0.1) is 11.3 Å². The Hall–Kier alpha value is -0.600. The molecule has 1 N–H and O–H groups in total. The molecule has 1 aromatic heterocycles. The maximum atomic E-state index is 12.3. The lowest BCUT2D eigenvalue weighted by molar-refractivity contribution is -0.137. The molecule has 0 amide bonds. The lowest BCUT2D eigenvalue weighted by atomic mass is 10.2. The molecule has 18 heavy (non-hydrogen) atoms. The highest BCUT2D eigenvalue weighted by atomic mass is 32.2. The molecule has 0 aliphatic rings. The summed E-state index contributed by atoms with van der Waals surface area (Å²) in [5.41, 5.74) is -0.826. The molecule has 1 aromatic rings. The van der Waals surface area contributed by atoms with Crippen LogP contribution in [0.2, 0.25) is 0 Å². The van der Waals surface area contributed by atoms with Crippen molar-refractivity contribution in [3.05, 3.63) is 21.9 Å². The van der Waals surface area contributed by atoms with Crippen molar-refractivity contribution >= 4 is 21.2 Å². The van der Waals surface area contributed by atoms with E-state index >= 15 is 0 Å². The molecule has 1 heterocycles. The standard InChI is InChI=1S/C10H13F3O3S2/c1-7(3-14)5-18(15,16)6-9-2-8(4-17-9)10(11,12)13/h2,4,7,14H,3,5-6H2,1H3. The van der Waals surface area contributed by atoms with Crippen LogP contribution >= 0.6 is 11.3 Å². The van der Waals surface area contributed by atoms with Crippen LogP contribution in [0.15, 0.2) is 11.4 Å². The number of hydrogen-bond donors (Lipinski definition) is 1. The minimum Gasteiger partial charge on any atom is -0.396 e. The van der Waals surface area contributed by atoms with E-state index < -0.39 is 33.2 Å². The third-order valence-electron chi connectivity index (χ3n) is 2.19. The summed E-state index contributed by atoms with van der Waals surface area (Å²) in [5.74, 6) is -1.07. The first kappa shape index (κ1) is 15.5. The van der Waals surface area contributed by atoms with Gasteiger partial charge in [0.25, 0.3) is 0 Å². The molecular weight excluding hydrogens is 289 g/mol. The fourth-order valence-electron chi connectivity index (χ4n) is 1.37. The van der Waals surface area contributed by atoms with Gasteiger partial charge < -0.3 is 5.11 Å². The zero-order valence-electron chi connectivity index (χ0n) is 9.57. The largest absolute Gasteiger partial charge is 0.417 e. The van der Waals surface area contributed by atoms with Gasteiger partial charge in [-0.25, -0.2) is 8.42 Å². The first-order valence-electron chi connectivity index (χ1n) is 5.10. The second-order valence-electron chi connectivity index (χ2n) is 4.14. The molecule has 1 rings (SSSR count). The van der Waals surface area contributed by atoms with Gasteiger partial charge in [0.2, 0.25) is 0 Å². The Labute approximate surface area is 107 Å². The van der Waals surface area contributed by atoms with Crippen molar-refractivity contribution in [2.75, 3.05) is 12.4 Å². The molecule has 3 nitrogen and oxygen atoms in total. The highest BCUT2D eigenvalue weighted by Gasteiger charge is 2.32. The summed E-state index contributed by atoms with van der Waals surface area (Å²) in [6.45, 7) is 1.30. The van der Waals surface area contributed by atoms with Crippen molar-refractivity contribution in [1.82, 2.24) is 0 Å². The quantitative estimate of drug-likeness (QED) is 0.908. The van der Waals surface area contributed by atoms with Crippen LogP contribution in [0, 0.1) is 5.92 Å². The predicted octanol–water partition coefficient (Wildman–Crippen LogP) is 2.31. The van der Waals surface area contributed by atoms with E-state index in [1.165, 1.54) is 0 Å². The van der Waals surface area contributed by atoms with Crippen molar-refractivity contribution in [1.29, 1.82) is 0 Å². The topological polar surface area (TPSA) is 54.4 Å². The Balaban J connectivity index is 2.76. The number of aliphatic hydroxyl groups excluding tert-OH is 1. The summed E-state index contributed by atoms with van der Waals surface area (Å²) in [4.78, 5) is 0.160. The average Bonchev–Trinajstić information content (AvgIpc) is 2.63. The van der Waals surface area contributed by atoms with Crippen LogP contribution in [0.5, 0.6) is 0 Å². The van der Waals surface area contributed by atoms with Crippen molar-refractivity contribution in [2.45, 2.75) is 18.9 Å². The molecule has 0 spiro atoms. The van der Waals surface area contributed by atoms with Crippen molar-refractivity contribution < 1.29 is 26.7 Å². The number of halogens is 3. The first-order chi connectivity index (χ1) is 8.14. The maximum absolute atomic E-state index is 12.3. The first-order valence-corrected chi connectivity index (χ1v) is 7.80. The second-order valence-corrected chi connectivity index (χ2v) is 7.25. The highest BCUT2D eigenvalue weighted by molar-refractivity contribution is 7.90. The molecule has 1 atom stereocenters. The molecule has 0 saturated carbocycles. The summed E-state index contributed by atoms with van der Waals surface area (Å²) < 4.78 is 60.3. The van der Waals surface area contributed by atoms with Crippen LogP contribution in [-0.2, 0) is 21.8 Å². The third-order valence-corrected chi connectivity index (χ3v) is 5.14. The van der Waals surface area contributed by atoms with E-state index in [9.17, 15) is 21.6 Å². The van der Waals surface area contributed by atoms with Crippen LogP contribution in [-0.4, -0.2) is 25.9 Å². The number of aliphatic hydroxyl groups is 1. The van der Waals surface area contributed by atoms with E-state index in [0.29, 0.717) is 0 Å². The Bertz CT molecular complexity index is 491. The predicted molar refractivity (Wildman–Crippen MR) is 63.1 cm³/mol. The molecule has 0 aliphatic heterocycles. The van der Waals surface area contributed by atoms with E-state index in [4.69, 9.17) is 5.11 Å². The van der Waals surface area contributed by atoms with Gasteiger partial charge in [-0.1, -0.05) is 6.92 Å². The number of sulfone groups is 1. The van der Waals surface area contributed by atoms with E-state index in [0.717, 1.165) is 22.8 Å². The molecule has 8 heteroatoms. The van der Waals surface area contributed by atoms with Crippen LogP contribution in [0.25, 0.3) is 0 Å². The minimum atomic E-state index is -4.45. The van der Waals surface area contributed by atoms with Crippen LogP contribution < -0.4 is 0 Å². The second kappa shape index (κ2) is 5.58. The fraction of sp³-hybridized carbons (Fsp3) is 0.600. The Morgan fingerprint density at radius 3 is 2.50 bits per heavy atom. The van der Waals surface area contributed by atoms with E-state index in [-0.39, 0.29) is 17.2 Å². The molecule has 104 valence electrons. The van der Waals surface area contributed by atoms with Crippen LogP contribution in [0.4, 0.5) is 13.2 Å². The number of hydrogen-bond acceptors (Lipinski definition) is 4. The molecule has 0 fully saturated rings. The van der Waals surface area contributed by atoms with Gasteiger partial charge in [0, 0.05) is 16.9 Å². The Morgan fingerprint density at radius 1 is 1.44 bits per heavy atom. The minimum absolute atomic E-state index is 0.160. The summed E-state index contributed by atoms with van der Waals surface area (Å²) in [6, 6.07) is 0.853.